The molecule has 3 heterocycles. The van der Waals surface area contributed by atoms with Gasteiger partial charge in [-0.15, -0.1) is 5.10 Å². The molecule has 0 aliphatic heterocycles. The Bertz CT molecular complexity index is 1520. The van der Waals surface area contributed by atoms with Crippen LogP contribution in [0.3, 0.4) is 0 Å². The van der Waals surface area contributed by atoms with Crippen LogP contribution in [0.25, 0.3) is 17.0 Å². The largest absolute Gasteiger partial charge is 0.469 e. The van der Waals surface area contributed by atoms with Crippen molar-refractivity contribution < 1.29 is 22.4 Å². The summed E-state index contributed by atoms with van der Waals surface area (Å²) in [7, 11) is 0. The molecule has 0 fully saturated rings. The molecule has 1 atom stereocenters. The second-order valence-corrected chi connectivity index (χ2v) is 8.41. The van der Waals surface area contributed by atoms with E-state index in [0.29, 0.717) is 29.4 Å². The molecule has 10 heteroatoms. The Morgan fingerprint density at radius 2 is 1.91 bits per heavy atom. The van der Waals surface area contributed by atoms with Crippen LogP contribution in [-0.2, 0) is 12.6 Å². The van der Waals surface area contributed by atoms with Crippen LogP contribution >= 0.6 is 0 Å². The number of aromatic nitrogens is 4. The standard InChI is InChI=1S/C25H18F3N5O2/c26-25(27,28)15-5-3-6-16(13-15)29-23-22-19(11-14(12-20(22)34)21-9-4-10-35-21)33(32-23)24-30-17-7-1-2-8-18(17)31-24/h1-10,13-14H,11-12H2,(H,29,32)(H,30,31). The first kappa shape index (κ1) is 21.2. The van der Waals surface area contributed by atoms with Crippen molar-refractivity contribution in [3.63, 3.8) is 0 Å². The summed E-state index contributed by atoms with van der Waals surface area (Å²) in [6.07, 6.45) is -2.28. The number of benzene rings is 2. The predicted octanol–water partition coefficient (Wildman–Crippen LogP) is 6.02. The lowest BCUT2D eigenvalue weighted by Gasteiger charge is -2.20. The molecule has 0 saturated heterocycles. The maximum Gasteiger partial charge on any atom is 0.416 e. The van der Waals surface area contributed by atoms with Crippen LogP contribution in [0.5, 0.6) is 0 Å². The average molecular weight is 477 g/mol. The molecular formula is C25H18F3N5O2. The molecule has 0 amide bonds. The van der Waals surface area contributed by atoms with E-state index in [9.17, 15) is 18.0 Å². The number of aromatic amines is 1. The van der Waals surface area contributed by atoms with Crippen molar-refractivity contribution in [1.29, 1.82) is 0 Å². The monoisotopic (exact) mass is 477 g/mol. The maximum absolute atomic E-state index is 13.3. The SMILES string of the molecule is O=C1CC(c2ccco2)Cc2c1c(Nc1cccc(C(F)(F)F)c1)nn2-c1nc2ccccc2[nH]1. The number of carbonyl (C=O) groups excluding carboxylic acids is 1. The Balaban J connectivity index is 1.47. The van der Waals surface area contributed by atoms with Crippen molar-refractivity contribution in [3.8, 4) is 5.95 Å². The fourth-order valence-electron chi connectivity index (χ4n) is 4.50. The Hall–Kier alpha value is -4.34. The van der Waals surface area contributed by atoms with Gasteiger partial charge in [-0.3, -0.25) is 4.79 Å². The maximum atomic E-state index is 13.3. The fraction of sp³-hybridized carbons (Fsp3) is 0.160. The number of Topliss-reactive ketones (excluding diaryl/α,β-unsaturated/α-hetero) is 1. The molecule has 35 heavy (non-hydrogen) atoms. The molecule has 0 spiro atoms. The summed E-state index contributed by atoms with van der Waals surface area (Å²) in [4.78, 5) is 21.1. The summed E-state index contributed by atoms with van der Waals surface area (Å²) in [6, 6.07) is 15.9. The molecule has 2 aromatic carbocycles. The van der Waals surface area contributed by atoms with Gasteiger partial charge >= 0.3 is 6.18 Å². The van der Waals surface area contributed by atoms with E-state index in [2.05, 4.69) is 20.4 Å². The number of carbonyl (C=O) groups is 1. The van der Waals surface area contributed by atoms with E-state index < -0.39 is 11.7 Å². The molecule has 176 valence electrons. The number of ketones is 1. The Labute approximate surface area is 196 Å². The minimum Gasteiger partial charge on any atom is -0.469 e. The van der Waals surface area contributed by atoms with E-state index in [1.165, 1.54) is 12.1 Å². The smallest absolute Gasteiger partial charge is 0.416 e. The first-order valence-electron chi connectivity index (χ1n) is 10.9. The number of nitrogens with zero attached hydrogens (tertiary/aromatic N) is 3. The number of H-pyrrole nitrogens is 1. The zero-order valence-electron chi connectivity index (χ0n) is 18.1. The molecule has 3 aromatic heterocycles. The summed E-state index contributed by atoms with van der Waals surface area (Å²) in [5, 5.41) is 7.52. The van der Waals surface area contributed by atoms with E-state index in [-0.39, 0.29) is 29.6 Å². The lowest BCUT2D eigenvalue weighted by atomic mass is 9.85. The minimum atomic E-state index is -4.49. The molecule has 0 bridgehead atoms. The first-order chi connectivity index (χ1) is 16.9. The molecular weight excluding hydrogens is 459 g/mol. The van der Waals surface area contributed by atoms with E-state index >= 15 is 0 Å². The lowest BCUT2D eigenvalue weighted by molar-refractivity contribution is -0.137. The van der Waals surface area contributed by atoms with E-state index in [1.54, 1.807) is 17.0 Å². The molecule has 1 aliphatic carbocycles. The van der Waals surface area contributed by atoms with Crippen molar-refractivity contribution in [2.24, 2.45) is 0 Å². The Morgan fingerprint density at radius 1 is 1.06 bits per heavy atom. The molecule has 1 aliphatic rings. The summed E-state index contributed by atoms with van der Waals surface area (Å²) in [5.41, 5.74) is 1.85. The van der Waals surface area contributed by atoms with Crippen molar-refractivity contribution >= 4 is 28.3 Å². The van der Waals surface area contributed by atoms with Gasteiger partial charge in [0.2, 0.25) is 5.95 Å². The summed E-state index contributed by atoms with van der Waals surface area (Å²) >= 11 is 0. The van der Waals surface area contributed by atoms with Crippen LogP contribution in [0.15, 0.2) is 71.3 Å². The molecule has 7 nitrogen and oxygen atoms in total. The number of imidazole rings is 1. The minimum absolute atomic E-state index is 0.176. The molecule has 6 rings (SSSR count). The van der Waals surface area contributed by atoms with E-state index in [4.69, 9.17) is 4.42 Å². The van der Waals surface area contributed by atoms with Crippen LogP contribution in [0, 0.1) is 0 Å². The van der Waals surface area contributed by atoms with Crippen LogP contribution in [0.4, 0.5) is 24.7 Å². The van der Waals surface area contributed by atoms with Crippen molar-refractivity contribution in [3.05, 3.63) is 89.5 Å². The summed E-state index contributed by atoms with van der Waals surface area (Å²) < 4.78 is 46.8. The highest BCUT2D eigenvalue weighted by Crippen LogP contribution is 2.38. The van der Waals surface area contributed by atoms with Gasteiger partial charge in [0, 0.05) is 24.4 Å². The van der Waals surface area contributed by atoms with Gasteiger partial charge in [0.1, 0.15) is 5.76 Å². The Morgan fingerprint density at radius 3 is 2.69 bits per heavy atom. The number of furan rings is 1. The van der Waals surface area contributed by atoms with Gasteiger partial charge in [0.15, 0.2) is 11.6 Å². The van der Waals surface area contributed by atoms with Crippen molar-refractivity contribution in [1.82, 2.24) is 19.7 Å². The lowest BCUT2D eigenvalue weighted by Crippen LogP contribution is -2.20. The summed E-state index contributed by atoms with van der Waals surface area (Å²) in [5.74, 6) is 0.916. The van der Waals surface area contributed by atoms with Gasteiger partial charge in [0.25, 0.3) is 0 Å². The second-order valence-electron chi connectivity index (χ2n) is 8.41. The number of rotatable bonds is 4. The molecule has 2 N–H and O–H groups in total. The second kappa shape index (κ2) is 7.86. The van der Waals surface area contributed by atoms with Crippen LogP contribution in [0.1, 0.15) is 39.7 Å². The van der Waals surface area contributed by atoms with E-state index in [1.807, 2.05) is 30.3 Å². The number of fused-ring (bicyclic) bond motifs is 2. The predicted molar refractivity (Wildman–Crippen MR) is 122 cm³/mol. The van der Waals surface area contributed by atoms with Crippen LogP contribution in [0.2, 0.25) is 0 Å². The average Bonchev–Trinajstić information content (AvgIpc) is 3.57. The third-order valence-electron chi connectivity index (χ3n) is 6.11. The number of hydrogen-bond acceptors (Lipinski definition) is 5. The van der Waals surface area contributed by atoms with Crippen molar-refractivity contribution in [2.45, 2.75) is 24.9 Å². The molecule has 0 saturated carbocycles. The highest BCUT2D eigenvalue weighted by atomic mass is 19.4. The third kappa shape index (κ3) is 3.76. The highest BCUT2D eigenvalue weighted by molar-refractivity contribution is 6.03. The van der Waals surface area contributed by atoms with Gasteiger partial charge < -0.3 is 14.7 Å². The van der Waals surface area contributed by atoms with Gasteiger partial charge in [-0.05, 0) is 42.5 Å². The number of para-hydroxylation sites is 2. The fourth-order valence-corrected chi connectivity index (χ4v) is 4.50. The van der Waals surface area contributed by atoms with Gasteiger partial charge in [0.05, 0.1) is 34.1 Å². The molecule has 0 radical (unpaired) electrons. The van der Waals surface area contributed by atoms with Crippen molar-refractivity contribution in [2.75, 3.05) is 5.32 Å². The number of halogens is 3. The normalized spacial score (nSPS) is 16.0. The van der Waals surface area contributed by atoms with Crippen LogP contribution in [-0.4, -0.2) is 25.5 Å². The third-order valence-corrected chi connectivity index (χ3v) is 6.11. The van der Waals surface area contributed by atoms with Crippen LogP contribution < -0.4 is 5.32 Å². The van der Waals surface area contributed by atoms with E-state index in [0.717, 1.165) is 23.2 Å². The Kier molecular flexibility index (Phi) is 4.77. The number of nitrogens with one attached hydrogen (secondary N) is 2. The quantitative estimate of drug-likeness (QED) is 0.331. The number of alkyl halides is 3. The zero-order chi connectivity index (χ0) is 24.2. The topological polar surface area (TPSA) is 88.7 Å². The number of hydrogen-bond donors (Lipinski definition) is 2. The first-order valence-corrected chi connectivity index (χ1v) is 10.9. The molecule has 1 unspecified atom stereocenters. The highest BCUT2D eigenvalue weighted by Gasteiger charge is 2.36. The number of anilines is 2. The van der Waals surface area contributed by atoms with Gasteiger partial charge in [-0.2, -0.15) is 13.2 Å². The molecule has 5 aromatic rings. The van der Waals surface area contributed by atoms with Gasteiger partial charge in [-0.25, -0.2) is 9.67 Å². The summed E-state index contributed by atoms with van der Waals surface area (Å²) in [6.45, 7) is 0. The van der Waals surface area contributed by atoms with Gasteiger partial charge in [-0.1, -0.05) is 18.2 Å². The zero-order valence-corrected chi connectivity index (χ0v) is 18.1.